The molecule has 7 heteroatoms. The van der Waals surface area contributed by atoms with Gasteiger partial charge in [0.05, 0.1) is 12.3 Å². The van der Waals surface area contributed by atoms with Crippen LogP contribution in [0.25, 0.3) is 0 Å². The lowest BCUT2D eigenvalue weighted by molar-refractivity contribution is -0.143. The van der Waals surface area contributed by atoms with Gasteiger partial charge in [0.2, 0.25) is 0 Å². The summed E-state index contributed by atoms with van der Waals surface area (Å²) in [5.41, 5.74) is 0. The molecular weight excluding hydrogens is 249 g/mol. The van der Waals surface area contributed by atoms with E-state index >= 15 is 0 Å². The van der Waals surface area contributed by atoms with Gasteiger partial charge >= 0.3 is 12.1 Å². The van der Waals surface area contributed by atoms with E-state index in [2.05, 4.69) is 0 Å². The minimum absolute atomic E-state index is 0.0336. The molecule has 1 unspecified atom stereocenters. The second-order valence-corrected chi connectivity index (χ2v) is 4.75. The molecule has 1 aliphatic heterocycles. The van der Waals surface area contributed by atoms with E-state index in [-0.39, 0.29) is 6.54 Å². The average Bonchev–Trinajstić information content (AvgIpc) is 2.27. The van der Waals surface area contributed by atoms with Gasteiger partial charge < -0.3 is 10.0 Å². The van der Waals surface area contributed by atoms with Gasteiger partial charge in [-0.25, -0.2) is 0 Å². The van der Waals surface area contributed by atoms with Gasteiger partial charge in [0.25, 0.3) is 0 Å². The van der Waals surface area contributed by atoms with Crippen LogP contribution in [-0.2, 0) is 4.79 Å². The molecule has 0 aromatic heterocycles. The number of carboxylic acids is 1. The van der Waals surface area contributed by atoms with Crippen molar-refractivity contribution in [1.29, 1.82) is 0 Å². The van der Waals surface area contributed by atoms with E-state index in [1.54, 1.807) is 11.8 Å². The number of carboxylic acid groups (broad SMARTS) is 1. The Bertz CT molecular complexity index is 276. The summed E-state index contributed by atoms with van der Waals surface area (Å²) in [5.74, 6) is -1.28. The predicted octanol–water partition coefficient (Wildman–Crippen LogP) is 1.28. The van der Waals surface area contributed by atoms with Crippen LogP contribution < -0.4 is 0 Å². The molecule has 1 N–H and O–H groups in total. The second kappa shape index (κ2) is 6.38. The highest BCUT2D eigenvalue weighted by Crippen LogP contribution is 2.20. The fourth-order valence-corrected chi connectivity index (χ4v) is 1.95. The Morgan fingerprint density at radius 1 is 1.22 bits per heavy atom. The van der Waals surface area contributed by atoms with Crippen LogP contribution in [0.15, 0.2) is 0 Å². The number of alkyl halides is 3. The lowest BCUT2D eigenvalue weighted by Crippen LogP contribution is -2.48. The number of rotatable bonds is 5. The molecule has 0 aromatic rings. The van der Waals surface area contributed by atoms with Crippen molar-refractivity contribution in [3.8, 4) is 0 Å². The van der Waals surface area contributed by atoms with Gasteiger partial charge in [-0.05, 0) is 0 Å². The van der Waals surface area contributed by atoms with Crippen LogP contribution in [0.1, 0.15) is 13.3 Å². The third-order valence-corrected chi connectivity index (χ3v) is 3.13. The number of halogens is 3. The fourth-order valence-electron chi connectivity index (χ4n) is 1.95. The fraction of sp³-hybridized carbons (Fsp3) is 0.909. The Morgan fingerprint density at radius 3 is 2.17 bits per heavy atom. The Hall–Kier alpha value is -0.820. The molecule has 1 aliphatic rings. The molecule has 0 spiro atoms. The maximum Gasteiger partial charge on any atom is 0.390 e. The molecule has 1 saturated heterocycles. The summed E-state index contributed by atoms with van der Waals surface area (Å²) in [6.07, 6.45) is -4.88. The number of hydrogen-bond donors (Lipinski definition) is 1. The number of hydrogen-bond acceptors (Lipinski definition) is 3. The molecule has 106 valence electrons. The van der Waals surface area contributed by atoms with Crippen LogP contribution in [0.3, 0.4) is 0 Å². The van der Waals surface area contributed by atoms with E-state index in [4.69, 9.17) is 5.11 Å². The number of carbonyl (C=O) groups is 1. The first-order chi connectivity index (χ1) is 8.28. The molecule has 0 bridgehead atoms. The Morgan fingerprint density at radius 2 is 1.72 bits per heavy atom. The summed E-state index contributed by atoms with van der Waals surface area (Å²) in [6, 6.07) is 0. The summed E-state index contributed by atoms with van der Waals surface area (Å²) >= 11 is 0. The highest BCUT2D eigenvalue weighted by Gasteiger charge is 2.29. The first-order valence-electron chi connectivity index (χ1n) is 6.02. The van der Waals surface area contributed by atoms with Gasteiger partial charge in [-0.15, -0.1) is 0 Å². The molecule has 1 fully saturated rings. The monoisotopic (exact) mass is 268 g/mol. The molecule has 18 heavy (non-hydrogen) atoms. The van der Waals surface area contributed by atoms with Crippen LogP contribution in [0.2, 0.25) is 0 Å². The van der Waals surface area contributed by atoms with E-state index in [1.807, 2.05) is 4.90 Å². The van der Waals surface area contributed by atoms with Crippen LogP contribution in [-0.4, -0.2) is 66.3 Å². The van der Waals surface area contributed by atoms with Gasteiger partial charge in [0.1, 0.15) is 0 Å². The van der Waals surface area contributed by atoms with Crippen LogP contribution in [0, 0.1) is 5.92 Å². The van der Waals surface area contributed by atoms with Gasteiger partial charge in [-0.1, -0.05) is 6.92 Å². The zero-order valence-electron chi connectivity index (χ0n) is 10.4. The Labute approximate surface area is 104 Å². The van der Waals surface area contributed by atoms with Crippen molar-refractivity contribution in [3.05, 3.63) is 0 Å². The molecule has 4 nitrogen and oxygen atoms in total. The molecule has 0 aromatic carbocycles. The van der Waals surface area contributed by atoms with E-state index in [0.29, 0.717) is 32.7 Å². The summed E-state index contributed by atoms with van der Waals surface area (Å²) in [7, 11) is 0. The van der Waals surface area contributed by atoms with Crippen molar-refractivity contribution in [2.24, 2.45) is 5.92 Å². The molecule has 0 amide bonds. The zero-order chi connectivity index (χ0) is 13.8. The zero-order valence-corrected chi connectivity index (χ0v) is 10.4. The van der Waals surface area contributed by atoms with Crippen LogP contribution >= 0.6 is 0 Å². The van der Waals surface area contributed by atoms with Crippen molar-refractivity contribution in [2.45, 2.75) is 19.5 Å². The summed E-state index contributed by atoms with van der Waals surface area (Å²) in [4.78, 5) is 14.5. The minimum atomic E-state index is -4.10. The molecule has 1 atom stereocenters. The van der Waals surface area contributed by atoms with Crippen molar-refractivity contribution in [2.75, 3.05) is 39.3 Å². The smallest absolute Gasteiger partial charge is 0.390 e. The average molecular weight is 268 g/mol. The quantitative estimate of drug-likeness (QED) is 0.815. The molecule has 1 heterocycles. The predicted molar refractivity (Wildman–Crippen MR) is 60.4 cm³/mol. The summed E-state index contributed by atoms with van der Waals surface area (Å²) < 4.78 is 36.1. The maximum atomic E-state index is 12.0. The van der Waals surface area contributed by atoms with E-state index < -0.39 is 24.5 Å². The van der Waals surface area contributed by atoms with Crippen molar-refractivity contribution in [3.63, 3.8) is 0 Å². The number of piperazine rings is 1. The SMILES string of the molecule is CC(CN1CCN(CCC(F)(F)F)CC1)C(=O)O. The third-order valence-electron chi connectivity index (χ3n) is 3.13. The topological polar surface area (TPSA) is 43.8 Å². The largest absolute Gasteiger partial charge is 0.481 e. The van der Waals surface area contributed by atoms with E-state index in [9.17, 15) is 18.0 Å². The Balaban J connectivity index is 2.22. The molecule has 0 saturated carbocycles. The normalized spacial score (nSPS) is 20.9. The van der Waals surface area contributed by atoms with Gasteiger partial charge in [-0.3, -0.25) is 9.69 Å². The van der Waals surface area contributed by atoms with Crippen molar-refractivity contribution in [1.82, 2.24) is 9.80 Å². The van der Waals surface area contributed by atoms with Crippen molar-refractivity contribution >= 4 is 5.97 Å². The lowest BCUT2D eigenvalue weighted by atomic mass is 10.1. The Kier molecular flexibility index (Phi) is 5.40. The van der Waals surface area contributed by atoms with E-state index in [1.165, 1.54) is 0 Å². The van der Waals surface area contributed by atoms with Crippen LogP contribution in [0.4, 0.5) is 13.2 Å². The van der Waals surface area contributed by atoms with E-state index in [0.717, 1.165) is 0 Å². The second-order valence-electron chi connectivity index (χ2n) is 4.75. The number of aliphatic carboxylic acids is 1. The highest BCUT2D eigenvalue weighted by atomic mass is 19.4. The standard InChI is InChI=1S/C11H19F3N2O2/c1-9(10(17)18)8-16-6-4-15(5-7-16)3-2-11(12,13)14/h9H,2-8H2,1H3,(H,17,18). The van der Waals surface area contributed by atoms with Crippen molar-refractivity contribution < 1.29 is 23.1 Å². The summed E-state index contributed by atoms with van der Waals surface area (Å²) in [5, 5.41) is 8.78. The lowest BCUT2D eigenvalue weighted by Gasteiger charge is -2.35. The number of nitrogens with zero attached hydrogens (tertiary/aromatic N) is 2. The first kappa shape index (κ1) is 15.2. The summed E-state index contributed by atoms with van der Waals surface area (Å²) in [6.45, 7) is 4.54. The molecular formula is C11H19F3N2O2. The van der Waals surface area contributed by atoms with Gasteiger partial charge in [0.15, 0.2) is 0 Å². The van der Waals surface area contributed by atoms with Gasteiger partial charge in [0, 0.05) is 39.3 Å². The maximum absolute atomic E-state index is 12.0. The molecule has 0 aliphatic carbocycles. The third kappa shape index (κ3) is 5.68. The van der Waals surface area contributed by atoms with Crippen LogP contribution in [0.5, 0.6) is 0 Å². The first-order valence-corrected chi connectivity index (χ1v) is 6.02. The molecule has 0 radical (unpaired) electrons. The van der Waals surface area contributed by atoms with Gasteiger partial charge in [-0.2, -0.15) is 13.2 Å². The minimum Gasteiger partial charge on any atom is -0.481 e. The highest BCUT2D eigenvalue weighted by molar-refractivity contribution is 5.69. The molecule has 1 rings (SSSR count).